The summed E-state index contributed by atoms with van der Waals surface area (Å²) < 4.78 is 1.16. The predicted molar refractivity (Wildman–Crippen MR) is 145 cm³/mol. The van der Waals surface area contributed by atoms with Crippen molar-refractivity contribution in [3.8, 4) is 0 Å². The zero-order chi connectivity index (χ0) is 24.4. The Morgan fingerprint density at radius 1 is 0.543 bits per heavy atom. The number of hydrogen-bond donors (Lipinski definition) is 0. The van der Waals surface area contributed by atoms with Gasteiger partial charge in [-0.1, -0.05) is 0 Å². The molecular weight excluding hydrogens is 554 g/mol. The van der Waals surface area contributed by atoms with Gasteiger partial charge in [-0.15, -0.1) is 13.2 Å². The van der Waals surface area contributed by atoms with Crippen molar-refractivity contribution in [2.24, 2.45) is 0 Å². The minimum absolute atomic E-state index is 0. The van der Waals surface area contributed by atoms with E-state index < -0.39 is 23.2 Å². The first-order valence-electron chi connectivity index (χ1n) is 11.4. The van der Waals surface area contributed by atoms with E-state index in [0.29, 0.717) is 7.25 Å². The van der Waals surface area contributed by atoms with Crippen LogP contribution in [0, 0.1) is 0 Å². The molecule has 0 bridgehead atoms. The summed E-state index contributed by atoms with van der Waals surface area (Å²) in [5.41, 5.74) is 11.3. The van der Waals surface area contributed by atoms with Gasteiger partial charge in [0.15, 0.2) is 0 Å². The average Bonchev–Trinajstić information content (AvgIpc) is 3.39. The van der Waals surface area contributed by atoms with Crippen molar-refractivity contribution in [3.05, 3.63) is 71.8 Å². The fourth-order valence-electron chi connectivity index (χ4n) is 4.84. The Morgan fingerprint density at radius 2 is 0.829 bits per heavy atom. The number of rotatable bonds is 6. The smallest absolute Gasteiger partial charge is 1.00 e. The van der Waals surface area contributed by atoms with Crippen LogP contribution in [-0.4, -0.2) is 56.4 Å². The maximum atomic E-state index is 3.00. The van der Waals surface area contributed by atoms with E-state index in [1.165, 1.54) is 33.9 Å². The molecule has 2 aromatic rings. The minimum atomic E-state index is -0.861. The van der Waals surface area contributed by atoms with Gasteiger partial charge in [0.05, 0.1) is 0 Å². The van der Waals surface area contributed by atoms with E-state index in [-0.39, 0.29) is 24.8 Å². The minimum Gasteiger partial charge on any atom is -1.00 e. The molecule has 0 saturated carbocycles. The number of hydrogen-bond acceptors (Lipinski definition) is 4. The molecular formula is C28H38Cl2N4Zr. The van der Waals surface area contributed by atoms with E-state index in [1.54, 1.807) is 11.1 Å². The summed E-state index contributed by atoms with van der Waals surface area (Å²) in [5.74, 6) is 0. The standard InChI is InChI=1S/2C13H17N2.C2H4.2ClH.Zr/c2*1-14(2)12-8-9-13(15(3)4)11-7-5-6-10(11)12;1-2;;;/h2*5-9H,1-4H3;1-2H2;2*1H;/q;;;;;+2/p-2. The largest absolute Gasteiger partial charge is 1.00 e. The summed E-state index contributed by atoms with van der Waals surface area (Å²) in [6, 6.07) is 9.15. The van der Waals surface area contributed by atoms with E-state index in [9.17, 15) is 0 Å². The van der Waals surface area contributed by atoms with Crippen LogP contribution in [0.4, 0.5) is 22.7 Å². The Balaban J connectivity index is 0.00000149. The number of benzene rings is 2. The van der Waals surface area contributed by atoms with Gasteiger partial charge in [0.25, 0.3) is 0 Å². The van der Waals surface area contributed by atoms with E-state index in [1.807, 2.05) is 0 Å². The molecule has 0 aliphatic heterocycles. The van der Waals surface area contributed by atoms with Crippen molar-refractivity contribution < 1.29 is 48.0 Å². The van der Waals surface area contributed by atoms with E-state index >= 15 is 0 Å². The quantitative estimate of drug-likeness (QED) is 0.427. The molecule has 0 heterocycles. The first kappa shape index (κ1) is 31.4. The van der Waals surface area contributed by atoms with Crippen LogP contribution in [0.1, 0.15) is 29.5 Å². The first-order chi connectivity index (χ1) is 15.7. The molecule has 0 saturated heterocycles. The molecule has 0 aromatic heterocycles. The van der Waals surface area contributed by atoms with Crippen molar-refractivity contribution in [2.45, 2.75) is 7.25 Å². The second kappa shape index (κ2) is 13.0. The van der Waals surface area contributed by atoms with Gasteiger partial charge >= 0.3 is 200 Å². The molecule has 35 heavy (non-hydrogen) atoms. The second-order valence-corrected chi connectivity index (χ2v) is 13.2. The van der Waals surface area contributed by atoms with Crippen LogP contribution in [0.3, 0.4) is 0 Å². The summed E-state index contributed by atoms with van der Waals surface area (Å²) >= 11 is -0.861. The van der Waals surface area contributed by atoms with Crippen molar-refractivity contribution in [1.29, 1.82) is 0 Å². The molecule has 0 spiro atoms. The van der Waals surface area contributed by atoms with Gasteiger partial charge in [-0.2, -0.15) is 0 Å². The Labute approximate surface area is 236 Å². The third-order valence-electron chi connectivity index (χ3n) is 6.30. The van der Waals surface area contributed by atoms with Crippen molar-refractivity contribution in [3.63, 3.8) is 0 Å². The van der Waals surface area contributed by atoms with Crippen LogP contribution in [0.5, 0.6) is 0 Å². The third kappa shape index (κ3) is 6.01. The number of halogens is 2. The van der Waals surface area contributed by atoms with Gasteiger partial charge in [-0.05, 0) is 0 Å². The molecule has 0 amide bonds. The molecule has 2 atom stereocenters. The fraction of sp³-hybridized carbons (Fsp3) is 0.357. The monoisotopic (exact) mass is 590 g/mol. The van der Waals surface area contributed by atoms with Crippen molar-refractivity contribution >= 4 is 34.9 Å². The van der Waals surface area contributed by atoms with Gasteiger partial charge in [-0.25, -0.2) is 0 Å². The number of fused-ring (bicyclic) bond motifs is 2. The maximum Gasteiger partial charge on any atom is -1.00 e. The fourth-order valence-corrected chi connectivity index (χ4v) is 9.12. The van der Waals surface area contributed by atoms with Crippen LogP contribution in [-0.2, 0) is 23.2 Å². The number of nitrogens with zero attached hydrogens (tertiary/aromatic N) is 4. The zero-order valence-electron chi connectivity index (χ0n) is 22.2. The SMILES string of the molecule is C=C.CN(C)c1ccc(N(C)C)c2c1C=C[CH]2[Zr+2][CH]1C=Cc2c(N(C)C)ccc(N(C)C)c21.[Cl-].[Cl-]. The molecule has 0 N–H and O–H groups in total. The van der Waals surface area contributed by atoms with Gasteiger partial charge in [0, 0.05) is 0 Å². The van der Waals surface area contributed by atoms with Crippen LogP contribution in [0.2, 0.25) is 0 Å². The molecule has 4 rings (SSSR count). The molecule has 4 nitrogen and oxygen atoms in total. The van der Waals surface area contributed by atoms with Crippen LogP contribution in [0.25, 0.3) is 12.2 Å². The van der Waals surface area contributed by atoms with E-state index in [2.05, 4.69) is 138 Å². The van der Waals surface area contributed by atoms with Crippen LogP contribution < -0.4 is 44.4 Å². The van der Waals surface area contributed by atoms with Gasteiger partial charge in [-0.3, -0.25) is 0 Å². The molecule has 2 aliphatic carbocycles. The first-order valence-corrected chi connectivity index (χ1v) is 14.2. The summed E-state index contributed by atoms with van der Waals surface area (Å²) in [4.78, 5) is 9.06. The Bertz CT molecular complexity index is 994. The molecule has 2 aliphatic rings. The zero-order valence-corrected chi connectivity index (χ0v) is 26.2. The number of allylic oxidation sites excluding steroid dienone is 2. The Hall–Kier alpha value is -1.68. The Kier molecular flexibility index (Phi) is 11.7. The second-order valence-electron chi connectivity index (χ2n) is 9.28. The van der Waals surface area contributed by atoms with Crippen LogP contribution >= 0.6 is 0 Å². The molecule has 2 unspecified atom stereocenters. The van der Waals surface area contributed by atoms with Crippen LogP contribution in [0.15, 0.2) is 49.6 Å². The summed E-state index contributed by atoms with van der Waals surface area (Å²) in [7, 11) is 17.3. The van der Waals surface area contributed by atoms with Gasteiger partial charge < -0.3 is 24.8 Å². The molecule has 188 valence electrons. The summed E-state index contributed by atoms with van der Waals surface area (Å²) in [6.45, 7) is 6.00. The topological polar surface area (TPSA) is 13.0 Å². The van der Waals surface area contributed by atoms with Gasteiger partial charge in [0.1, 0.15) is 0 Å². The van der Waals surface area contributed by atoms with Crippen molar-refractivity contribution in [2.75, 3.05) is 76.0 Å². The third-order valence-corrected chi connectivity index (χ3v) is 10.4. The molecule has 7 heteroatoms. The molecule has 0 radical (unpaired) electrons. The predicted octanol–water partition coefficient (Wildman–Crippen LogP) is -0.321. The van der Waals surface area contributed by atoms with Gasteiger partial charge in [0.2, 0.25) is 0 Å². The van der Waals surface area contributed by atoms with Crippen molar-refractivity contribution in [1.82, 2.24) is 0 Å². The normalized spacial score (nSPS) is 16.0. The maximum absolute atomic E-state index is 3.00. The Morgan fingerprint density at radius 3 is 1.11 bits per heavy atom. The number of anilines is 4. The summed E-state index contributed by atoms with van der Waals surface area (Å²) in [5, 5.41) is 0. The molecule has 0 fully saturated rings. The van der Waals surface area contributed by atoms with E-state index in [0.717, 1.165) is 0 Å². The average molecular weight is 593 g/mol. The molecule has 2 aromatic carbocycles. The summed E-state index contributed by atoms with van der Waals surface area (Å²) in [6.07, 6.45) is 9.75. The van der Waals surface area contributed by atoms with E-state index in [4.69, 9.17) is 0 Å².